The molecular formula is C24H23ClN4O2S. The second kappa shape index (κ2) is 8.31. The van der Waals surface area contributed by atoms with Gasteiger partial charge in [-0.25, -0.2) is 9.97 Å². The molecule has 0 unspecified atom stereocenters. The number of nitrogens with zero attached hydrogens (tertiary/aromatic N) is 3. The first-order valence-corrected chi connectivity index (χ1v) is 11.8. The lowest BCUT2D eigenvalue weighted by Crippen LogP contribution is -2.33. The molecule has 1 aliphatic heterocycles. The number of carbonyl (C=O) groups excluding carboxylic acids is 1. The number of benzene rings is 2. The summed E-state index contributed by atoms with van der Waals surface area (Å²) in [5.74, 6) is 0.936. The van der Waals surface area contributed by atoms with Crippen LogP contribution < -0.4 is 0 Å². The maximum absolute atomic E-state index is 13.7. The lowest BCUT2D eigenvalue weighted by molar-refractivity contribution is 0.0710. The fourth-order valence-corrected chi connectivity index (χ4v) is 5.54. The molecule has 164 valence electrons. The van der Waals surface area contributed by atoms with E-state index in [1.54, 1.807) is 0 Å². The summed E-state index contributed by atoms with van der Waals surface area (Å²) in [5.41, 5.74) is 3.88. The molecule has 2 N–H and O–H groups in total. The van der Waals surface area contributed by atoms with Gasteiger partial charge in [-0.2, -0.15) is 0 Å². The molecular weight excluding hydrogens is 444 g/mol. The summed E-state index contributed by atoms with van der Waals surface area (Å²) in [6, 6.07) is 13.0. The van der Waals surface area contributed by atoms with E-state index in [2.05, 4.69) is 16.9 Å². The maximum Gasteiger partial charge on any atom is 0.274 e. The molecule has 6 nitrogen and oxygen atoms in total. The zero-order valence-electron chi connectivity index (χ0n) is 17.8. The van der Waals surface area contributed by atoms with Crippen molar-refractivity contribution < 1.29 is 9.90 Å². The van der Waals surface area contributed by atoms with Crippen molar-refractivity contribution in [2.24, 2.45) is 5.92 Å². The molecule has 2 atom stereocenters. The highest BCUT2D eigenvalue weighted by Crippen LogP contribution is 2.39. The van der Waals surface area contributed by atoms with E-state index in [1.807, 2.05) is 54.3 Å². The number of nitrogens with one attached hydrogen (secondary N) is 1. The summed E-state index contributed by atoms with van der Waals surface area (Å²) >= 11 is 7.71. The largest absolute Gasteiger partial charge is 0.392 e. The predicted molar refractivity (Wildman–Crippen MR) is 127 cm³/mol. The van der Waals surface area contributed by atoms with Gasteiger partial charge in [0.15, 0.2) is 0 Å². The number of hydrogen-bond acceptors (Lipinski definition) is 5. The molecule has 0 radical (unpaired) electrons. The quantitative estimate of drug-likeness (QED) is 0.424. The van der Waals surface area contributed by atoms with Gasteiger partial charge in [-0.3, -0.25) is 4.79 Å². The number of rotatable bonds is 4. The van der Waals surface area contributed by atoms with E-state index in [4.69, 9.17) is 16.6 Å². The number of amides is 1. The molecule has 1 saturated heterocycles. The third-order valence-electron chi connectivity index (χ3n) is 6.01. The standard InChI is InChI=1S/C24H23ClN4O2S/c1-13-8-9-29(21(13)23-27-18-7-6-15(12-30)10-19(18)28-23)24(31)20-22(32-14(2)26-20)16-4-3-5-17(25)11-16/h3-7,10-11,13,21,30H,8-9,12H2,1-2H3,(H,27,28)/t13-,21-/m0/s1. The number of halogens is 1. The molecule has 2 aromatic carbocycles. The third-order valence-corrected chi connectivity index (χ3v) is 7.27. The minimum atomic E-state index is -0.165. The van der Waals surface area contributed by atoms with E-state index in [0.717, 1.165) is 44.3 Å². The molecule has 4 aromatic rings. The van der Waals surface area contributed by atoms with Crippen LogP contribution in [0.3, 0.4) is 0 Å². The van der Waals surface area contributed by atoms with Crippen LogP contribution >= 0.6 is 22.9 Å². The predicted octanol–water partition coefficient (Wildman–Crippen LogP) is 5.36. The van der Waals surface area contributed by atoms with Crippen molar-refractivity contribution in [3.05, 3.63) is 69.6 Å². The van der Waals surface area contributed by atoms with Crippen molar-refractivity contribution in [1.29, 1.82) is 0 Å². The van der Waals surface area contributed by atoms with Crippen molar-refractivity contribution >= 4 is 39.9 Å². The van der Waals surface area contributed by atoms with Crippen LogP contribution in [-0.2, 0) is 6.61 Å². The van der Waals surface area contributed by atoms with Crippen molar-refractivity contribution in [1.82, 2.24) is 19.9 Å². The number of carbonyl (C=O) groups is 1. The number of aliphatic hydroxyl groups excluding tert-OH is 1. The van der Waals surface area contributed by atoms with Gasteiger partial charge < -0.3 is 15.0 Å². The Kier molecular flexibility index (Phi) is 5.49. The highest BCUT2D eigenvalue weighted by atomic mass is 35.5. The van der Waals surface area contributed by atoms with Crippen LogP contribution in [-0.4, -0.2) is 37.4 Å². The van der Waals surface area contributed by atoms with Gasteiger partial charge in [0.05, 0.1) is 33.6 Å². The van der Waals surface area contributed by atoms with Crippen molar-refractivity contribution in [3.63, 3.8) is 0 Å². The van der Waals surface area contributed by atoms with E-state index in [1.165, 1.54) is 11.3 Å². The van der Waals surface area contributed by atoms with Crippen LogP contribution in [0.4, 0.5) is 0 Å². The summed E-state index contributed by atoms with van der Waals surface area (Å²) in [5, 5.41) is 10.9. The fraction of sp³-hybridized carbons (Fsp3) is 0.292. The Balaban J connectivity index is 1.53. The van der Waals surface area contributed by atoms with Crippen molar-refractivity contribution in [2.75, 3.05) is 6.54 Å². The molecule has 0 aliphatic carbocycles. The van der Waals surface area contributed by atoms with E-state index in [9.17, 15) is 9.90 Å². The van der Waals surface area contributed by atoms with Crippen LogP contribution in [0.2, 0.25) is 5.02 Å². The zero-order chi connectivity index (χ0) is 22.4. The summed E-state index contributed by atoms with van der Waals surface area (Å²) in [6.07, 6.45) is 0.894. The second-order valence-corrected chi connectivity index (χ2v) is 9.90. The molecule has 0 saturated carbocycles. The summed E-state index contributed by atoms with van der Waals surface area (Å²) in [7, 11) is 0. The monoisotopic (exact) mass is 466 g/mol. The van der Waals surface area contributed by atoms with Crippen molar-refractivity contribution in [2.45, 2.75) is 32.9 Å². The topological polar surface area (TPSA) is 82.1 Å². The summed E-state index contributed by atoms with van der Waals surface area (Å²) in [6.45, 7) is 4.69. The number of aromatic nitrogens is 3. The summed E-state index contributed by atoms with van der Waals surface area (Å²) < 4.78 is 0. The molecule has 2 aromatic heterocycles. The van der Waals surface area contributed by atoms with Gasteiger partial charge in [-0.1, -0.05) is 36.7 Å². The Morgan fingerprint density at radius 3 is 2.91 bits per heavy atom. The van der Waals surface area contributed by atoms with E-state index in [-0.39, 0.29) is 24.5 Å². The van der Waals surface area contributed by atoms with E-state index < -0.39 is 0 Å². The van der Waals surface area contributed by atoms with E-state index >= 15 is 0 Å². The first-order chi connectivity index (χ1) is 15.4. The molecule has 1 aliphatic rings. The first kappa shape index (κ1) is 21.1. The number of imidazole rings is 1. The SMILES string of the molecule is Cc1nc(C(=O)N2CC[C@H](C)[C@H]2c2nc3ccc(CO)cc3[nH]2)c(-c2cccc(Cl)c2)s1. The number of aliphatic hydroxyl groups is 1. The Morgan fingerprint density at radius 1 is 1.28 bits per heavy atom. The number of aryl methyl sites for hydroxylation is 1. The number of H-pyrrole nitrogens is 1. The number of hydrogen-bond donors (Lipinski definition) is 2. The molecule has 8 heteroatoms. The van der Waals surface area contributed by atoms with Gasteiger partial charge in [0, 0.05) is 11.6 Å². The fourth-order valence-electron chi connectivity index (χ4n) is 4.44. The molecule has 3 heterocycles. The molecule has 0 bridgehead atoms. The molecule has 1 fully saturated rings. The molecule has 0 spiro atoms. The highest BCUT2D eigenvalue weighted by molar-refractivity contribution is 7.15. The summed E-state index contributed by atoms with van der Waals surface area (Å²) in [4.78, 5) is 29.2. The van der Waals surface area contributed by atoms with E-state index in [0.29, 0.717) is 17.3 Å². The number of likely N-dealkylation sites (tertiary alicyclic amines) is 1. The molecule has 32 heavy (non-hydrogen) atoms. The van der Waals surface area contributed by atoms with Gasteiger partial charge in [0.1, 0.15) is 11.5 Å². The smallest absolute Gasteiger partial charge is 0.274 e. The Bertz CT molecular complexity index is 1310. The Hall–Kier alpha value is -2.74. The van der Waals surface area contributed by atoms with Gasteiger partial charge >= 0.3 is 0 Å². The Labute approximate surface area is 194 Å². The lowest BCUT2D eigenvalue weighted by atomic mass is 10.0. The molecule has 5 rings (SSSR count). The van der Waals surface area contributed by atoms with Crippen LogP contribution in [0.15, 0.2) is 42.5 Å². The van der Waals surface area contributed by atoms with Crippen LogP contribution in [0.5, 0.6) is 0 Å². The van der Waals surface area contributed by atoms with Crippen molar-refractivity contribution in [3.8, 4) is 10.4 Å². The Morgan fingerprint density at radius 2 is 2.12 bits per heavy atom. The third kappa shape index (κ3) is 3.70. The first-order valence-electron chi connectivity index (χ1n) is 10.6. The van der Waals surface area contributed by atoms with Crippen LogP contribution in [0.25, 0.3) is 21.5 Å². The number of fused-ring (bicyclic) bond motifs is 1. The molecule has 1 amide bonds. The maximum atomic E-state index is 13.7. The highest BCUT2D eigenvalue weighted by Gasteiger charge is 2.39. The normalized spacial score (nSPS) is 18.6. The number of thiazole rings is 1. The average molecular weight is 467 g/mol. The van der Waals surface area contributed by atoms with Crippen LogP contribution in [0, 0.1) is 12.8 Å². The van der Waals surface area contributed by atoms with Crippen LogP contribution in [0.1, 0.15) is 46.3 Å². The second-order valence-electron chi connectivity index (χ2n) is 8.26. The number of aromatic amines is 1. The van der Waals surface area contributed by atoms with Gasteiger partial charge in [0.25, 0.3) is 5.91 Å². The zero-order valence-corrected chi connectivity index (χ0v) is 19.4. The van der Waals surface area contributed by atoms with Gasteiger partial charge in [-0.15, -0.1) is 11.3 Å². The lowest BCUT2D eigenvalue weighted by Gasteiger charge is -2.25. The minimum Gasteiger partial charge on any atom is -0.392 e. The van der Waals surface area contributed by atoms with Gasteiger partial charge in [-0.05, 0) is 54.7 Å². The van der Waals surface area contributed by atoms with Gasteiger partial charge in [0.2, 0.25) is 0 Å². The minimum absolute atomic E-state index is 0.0236. The average Bonchev–Trinajstić information content (AvgIpc) is 3.48.